The molecule has 0 spiro atoms. The van der Waals surface area contributed by atoms with Gasteiger partial charge < -0.3 is 5.11 Å². The molecule has 0 unspecified atom stereocenters. The fourth-order valence-corrected chi connectivity index (χ4v) is 2.29. The fraction of sp³-hybridized carbons (Fsp3) is 0.571. The molecule has 1 rings (SSSR count). The molecule has 1 N–H and O–H groups in total. The lowest BCUT2D eigenvalue weighted by Crippen LogP contribution is -2.20. The molecule has 0 aliphatic carbocycles. The van der Waals surface area contributed by atoms with E-state index in [1.54, 1.807) is 6.20 Å². The van der Waals surface area contributed by atoms with Crippen LogP contribution < -0.4 is 0 Å². The molecule has 0 saturated heterocycles. The van der Waals surface area contributed by atoms with Gasteiger partial charge in [-0.05, 0) is 29.9 Å². The van der Waals surface area contributed by atoms with Gasteiger partial charge in [0.15, 0.2) is 0 Å². The van der Waals surface area contributed by atoms with Crippen molar-refractivity contribution >= 4 is 17.6 Å². The van der Waals surface area contributed by atoms with E-state index in [0.29, 0.717) is 11.4 Å². The fourth-order valence-electron chi connectivity index (χ4n) is 2.11. The quantitative estimate of drug-likeness (QED) is 0.856. The molecule has 4 heteroatoms. The van der Waals surface area contributed by atoms with Crippen LogP contribution in [0.25, 0.3) is 0 Å². The van der Waals surface area contributed by atoms with Crippen molar-refractivity contribution in [3.8, 4) is 0 Å². The molecular weight excluding hydrogens is 250 g/mol. The molecule has 0 radical (unpaired) electrons. The standard InChI is InChI=1S/C14H20ClNO2/c1-4-5-12-10(6-11(15)9-16-12)7-14(2,3)8-13(17)18/h6,9H,4-5,7-8H2,1-3H3,(H,17,18). The van der Waals surface area contributed by atoms with E-state index in [-0.39, 0.29) is 11.8 Å². The third kappa shape index (κ3) is 4.65. The molecule has 18 heavy (non-hydrogen) atoms. The summed E-state index contributed by atoms with van der Waals surface area (Å²) < 4.78 is 0. The van der Waals surface area contributed by atoms with Crippen LogP contribution >= 0.6 is 11.6 Å². The average Bonchev–Trinajstić information content (AvgIpc) is 2.19. The van der Waals surface area contributed by atoms with Crippen LogP contribution in [0, 0.1) is 5.41 Å². The minimum Gasteiger partial charge on any atom is -0.481 e. The lowest BCUT2D eigenvalue weighted by molar-refractivity contribution is -0.139. The summed E-state index contributed by atoms with van der Waals surface area (Å²) in [4.78, 5) is 15.2. The molecule has 0 aliphatic heterocycles. The number of aromatic nitrogens is 1. The summed E-state index contributed by atoms with van der Waals surface area (Å²) in [6.07, 6.45) is 4.39. The van der Waals surface area contributed by atoms with Crippen molar-refractivity contribution in [2.24, 2.45) is 5.41 Å². The zero-order valence-electron chi connectivity index (χ0n) is 11.2. The van der Waals surface area contributed by atoms with Gasteiger partial charge in [-0.2, -0.15) is 0 Å². The Balaban J connectivity index is 2.94. The molecule has 3 nitrogen and oxygen atoms in total. The number of rotatable bonds is 6. The van der Waals surface area contributed by atoms with Crippen LogP contribution in [0.2, 0.25) is 5.02 Å². The highest BCUT2D eigenvalue weighted by molar-refractivity contribution is 6.30. The van der Waals surface area contributed by atoms with E-state index in [1.807, 2.05) is 19.9 Å². The maximum absolute atomic E-state index is 10.8. The second kappa shape index (κ2) is 6.19. The van der Waals surface area contributed by atoms with Gasteiger partial charge in [-0.25, -0.2) is 0 Å². The lowest BCUT2D eigenvalue weighted by Gasteiger charge is -2.23. The number of aliphatic carboxylic acids is 1. The van der Waals surface area contributed by atoms with Crippen LogP contribution in [0.3, 0.4) is 0 Å². The molecule has 0 aromatic carbocycles. The molecule has 1 heterocycles. The molecule has 0 bridgehead atoms. The van der Waals surface area contributed by atoms with Crippen molar-refractivity contribution in [3.63, 3.8) is 0 Å². The summed E-state index contributed by atoms with van der Waals surface area (Å²) in [5.74, 6) is -0.771. The Bertz CT molecular complexity index is 430. The first-order valence-corrected chi connectivity index (χ1v) is 6.57. The van der Waals surface area contributed by atoms with Crippen molar-refractivity contribution in [1.82, 2.24) is 4.98 Å². The van der Waals surface area contributed by atoms with E-state index in [1.165, 1.54) is 0 Å². The predicted molar refractivity (Wildman–Crippen MR) is 73.0 cm³/mol. The molecule has 0 amide bonds. The van der Waals surface area contributed by atoms with Gasteiger partial charge in [0.05, 0.1) is 11.4 Å². The first-order chi connectivity index (χ1) is 8.34. The maximum atomic E-state index is 10.8. The van der Waals surface area contributed by atoms with E-state index in [4.69, 9.17) is 16.7 Å². The summed E-state index contributed by atoms with van der Waals surface area (Å²) in [6, 6.07) is 1.91. The van der Waals surface area contributed by atoms with Crippen LogP contribution in [0.4, 0.5) is 0 Å². The van der Waals surface area contributed by atoms with Crippen LogP contribution in [0.5, 0.6) is 0 Å². The van der Waals surface area contributed by atoms with Gasteiger partial charge in [0.1, 0.15) is 0 Å². The van der Waals surface area contributed by atoms with E-state index in [9.17, 15) is 4.79 Å². The van der Waals surface area contributed by atoms with E-state index in [0.717, 1.165) is 24.1 Å². The zero-order chi connectivity index (χ0) is 13.8. The Morgan fingerprint density at radius 1 is 1.50 bits per heavy atom. The number of hydrogen-bond donors (Lipinski definition) is 1. The van der Waals surface area contributed by atoms with Crippen molar-refractivity contribution in [3.05, 3.63) is 28.5 Å². The zero-order valence-corrected chi connectivity index (χ0v) is 11.9. The van der Waals surface area contributed by atoms with E-state index in [2.05, 4.69) is 11.9 Å². The summed E-state index contributed by atoms with van der Waals surface area (Å²) >= 11 is 5.97. The summed E-state index contributed by atoms with van der Waals surface area (Å²) in [6.45, 7) is 6.01. The monoisotopic (exact) mass is 269 g/mol. The summed E-state index contributed by atoms with van der Waals surface area (Å²) in [5, 5.41) is 9.52. The number of halogens is 1. The van der Waals surface area contributed by atoms with Crippen LogP contribution in [0.15, 0.2) is 12.3 Å². The second-order valence-corrected chi connectivity index (χ2v) is 5.86. The Hall–Kier alpha value is -1.09. The van der Waals surface area contributed by atoms with Gasteiger partial charge in [0.25, 0.3) is 0 Å². The van der Waals surface area contributed by atoms with Crippen molar-refractivity contribution in [2.75, 3.05) is 0 Å². The minimum atomic E-state index is -0.771. The number of carboxylic acids is 1. The van der Waals surface area contributed by atoms with Crippen molar-refractivity contribution < 1.29 is 9.90 Å². The highest BCUT2D eigenvalue weighted by Gasteiger charge is 2.23. The third-order valence-electron chi connectivity index (χ3n) is 2.81. The van der Waals surface area contributed by atoms with Crippen molar-refractivity contribution in [2.45, 2.75) is 46.5 Å². The van der Waals surface area contributed by atoms with Gasteiger partial charge in [-0.15, -0.1) is 0 Å². The lowest BCUT2D eigenvalue weighted by atomic mass is 9.82. The Labute approximate surface area is 113 Å². The molecule has 0 fully saturated rings. The normalized spacial score (nSPS) is 11.6. The Kier molecular flexibility index (Phi) is 5.15. The predicted octanol–water partition coefficient (Wildman–Crippen LogP) is 3.73. The highest BCUT2D eigenvalue weighted by Crippen LogP contribution is 2.28. The molecule has 0 atom stereocenters. The maximum Gasteiger partial charge on any atom is 0.303 e. The topological polar surface area (TPSA) is 50.2 Å². The van der Waals surface area contributed by atoms with E-state index >= 15 is 0 Å². The van der Waals surface area contributed by atoms with E-state index < -0.39 is 5.97 Å². The average molecular weight is 270 g/mol. The molecule has 0 saturated carbocycles. The van der Waals surface area contributed by atoms with Crippen LogP contribution in [-0.4, -0.2) is 16.1 Å². The van der Waals surface area contributed by atoms with Gasteiger partial charge in [-0.1, -0.05) is 38.8 Å². The summed E-state index contributed by atoms with van der Waals surface area (Å²) in [7, 11) is 0. The number of carbonyl (C=O) groups is 1. The van der Waals surface area contributed by atoms with Crippen LogP contribution in [-0.2, 0) is 17.6 Å². The number of pyridine rings is 1. The SMILES string of the molecule is CCCc1ncc(Cl)cc1CC(C)(C)CC(=O)O. The van der Waals surface area contributed by atoms with Gasteiger partial charge >= 0.3 is 5.97 Å². The first-order valence-electron chi connectivity index (χ1n) is 6.19. The van der Waals surface area contributed by atoms with Crippen molar-refractivity contribution in [1.29, 1.82) is 0 Å². The Morgan fingerprint density at radius 2 is 2.17 bits per heavy atom. The second-order valence-electron chi connectivity index (χ2n) is 5.42. The summed E-state index contributed by atoms with van der Waals surface area (Å²) in [5.41, 5.74) is 1.80. The number of nitrogens with zero attached hydrogens (tertiary/aromatic N) is 1. The molecule has 100 valence electrons. The van der Waals surface area contributed by atoms with Gasteiger partial charge in [0, 0.05) is 11.9 Å². The van der Waals surface area contributed by atoms with Gasteiger partial charge in [0.2, 0.25) is 0 Å². The smallest absolute Gasteiger partial charge is 0.303 e. The highest BCUT2D eigenvalue weighted by atomic mass is 35.5. The number of hydrogen-bond acceptors (Lipinski definition) is 2. The minimum absolute atomic E-state index is 0.144. The molecular formula is C14H20ClNO2. The Morgan fingerprint density at radius 3 is 2.72 bits per heavy atom. The number of carboxylic acid groups (broad SMARTS) is 1. The molecule has 0 aliphatic rings. The van der Waals surface area contributed by atoms with Gasteiger partial charge in [-0.3, -0.25) is 9.78 Å². The number of aryl methyl sites for hydroxylation is 1. The molecule has 1 aromatic rings. The first kappa shape index (κ1) is 15.0. The largest absolute Gasteiger partial charge is 0.481 e. The molecule has 1 aromatic heterocycles. The third-order valence-corrected chi connectivity index (χ3v) is 3.02. The van der Waals surface area contributed by atoms with Crippen LogP contribution in [0.1, 0.15) is 44.9 Å².